The minimum absolute atomic E-state index is 0.0229. The molecule has 1 rings (SSSR count). The van der Waals surface area contributed by atoms with Crippen LogP contribution in [0, 0.1) is 0 Å². The summed E-state index contributed by atoms with van der Waals surface area (Å²) in [4.78, 5) is 12.8. The lowest BCUT2D eigenvalue weighted by molar-refractivity contribution is -0.301. The fourth-order valence-corrected chi connectivity index (χ4v) is 7.37. The van der Waals surface area contributed by atoms with Crippen LogP contribution in [0.1, 0.15) is 181 Å². The molecule has 58 heavy (non-hydrogen) atoms. The summed E-state index contributed by atoms with van der Waals surface area (Å²) in [6, 6.07) is 0. The first-order valence-corrected chi connectivity index (χ1v) is 24.1. The Bertz CT molecular complexity index is 1160. The maximum absolute atomic E-state index is 12.8. The van der Waals surface area contributed by atoms with Gasteiger partial charge in [0.15, 0.2) is 6.29 Å². The van der Waals surface area contributed by atoms with E-state index in [0.29, 0.717) is 13.0 Å². The van der Waals surface area contributed by atoms with E-state index in [2.05, 4.69) is 54.5 Å². The molecular formula is C45H82O12S. The molecule has 12 nitrogen and oxygen atoms in total. The third kappa shape index (κ3) is 30.4. The van der Waals surface area contributed by atoms with E-state index < -0.39 is 59.8 Å². The van der Waals surface area contributed by atoms with Crippen LogP contribution >= 0.6 is 0 Å². The van der Waals surface area contributed by atoms with Crippen molar-refractivity contribution in [2.24, 2.45) is 0 Å². The van der Waals surface area contributed by atoms with E-state index in [1.165, 1.54) is 83.5 Å². The van der Waals surface area contributed by atoms with Crippen molar-refractivity contribution in [3.8, 4) is 0 Å². The van der Waals surface area contributed by atoms with E-state index in [0.717, 1.165) is 70.6 Å². The molecule has 6 unspecified atom stereocenters. The lowest BCUT2D eigenvalue weighted by atomic mass is 9.99. The summed E-state index contributed by atoms with van der Waals surface area (Å²) in [5, 5.41) is 30.6. The number of unbranched alkanes of at least 4 members (excludes halogenated alkanes) is 20. The van der Waals surface area contributed by atoms with E-state index in [1.807, 2.05) is 0 Å². The fraction of sp³-hybridized carbons (Fsp3) is 0.844. The zero-order chi connectivity index (χ0) is 42.5. The van der Waals surface area contributed by atoms with Gasteiger partial charge in [-0.1, -0.05) is 166 Å². The molecule has 13 heteroatoms. The highest BCUT2D eigenvalue weighted by Gasteiger charge is 2.48. The van der Waals surface area contributed by atoms with Gasteiger partial charge in [-0.05, 0) is 44.9 Å². The standard InChI is InChI=1S/C45H82O12S/c1-3-5-7-9-11-13-15-17-19-20-21-22-24-26-28-30-32-34-41(47)55-39(37-53-35-33-31-29-27-25-23-18-16-14-12-10-8-6-4-2)38-54-45-43(49)44(57-58(50,51)52)42(48)40(36-46)56-45/h6,8,12,14,18,23,39-40,42-46,48-49H,3-5,7,9-11,13,15-17,19-22,24-38H2,1-2H3,(H,50,51,52)/b8-6-,14-12-,23-18-. The van der Waals surface area contributed by atoms with Gasteiger partial charge in [0.25, 0.3) is 0 Å². The Kier molecular flexibility index (Phi) is 34.8. The summed E-state index contributed by atoms with van der Waals surface area (Å²) in [6.07, 6.45) is 33.2. The first-order valence-electron chi connectivity index (χ1n) is 22.7. The average Bonchev–Trinajstić information content (AvgIpc) is 3.19. The molecule has 0 spiro atoms. The Morgan fingerprint density at radius 3 is 1.74 bits per heavy atom. The van der Waals surface area contributed by atoms with E-state index >= 15 is 0 Å². The zero-order valence-corrected chi connectivity index (χ0v) is 36.9. The molecule has 0 saturated carbocycles. The third-order valence-corrected chi connectivity index (χ3v) is 10.7. The van der Waals surface area contributed by atoms with Crippen LogP contribution in [-0.2, 0) is 38.3 Å². The van der Waals surface area contributed by atoms with Gasteiger partial charge in [-0.3, -0.25) is 9.35 Å². The van der Waals surface area contributed by atoms with E-state index in [9.17, 15) is 28.5 Å². The Labute approximate surface area is 352 Å². The highest BCUT2D eigenvalue weighted by atomic mass is 32.3. The molecule has 1 aliphatic heterocycles. The lowest BCUT2D eigenvalue weighted by Gasteiger charge is -2.41. The summed E-state index contributed by atoms with van der Waals surface area (Å²) in [5.74, 6) is -0.406. The molecule has 1 fully saturated rings. The number of hydrogen-bond donors (Lipinski definition) is 4. The molecule has 1 heterocycles. The molecule has 0 radical (unpaired) electrons. The van der Waals surface area contributed by atoms with Gasteiger partial charge in [0.2, 0.25) is 0 Å². The summed E-state index contributed by atoms with van der Waals surface area (Å²) in [6.45, 7) is 3.83. The molecule has 1 saturated heterocycles. The van der Waals surface area contributed by atoms with Gasteiger partial charge in [0.1, 0.15) is 30.5 Å². The molecule has 340 valence electrons. The number of carbonyl (C=O) groups excluding carboxylic acids is 1. The first kappa shape index (κ1) is 54.3. The van der Waals surface area contributed by atoms with Gasteiger partial charge >= 0.3 is 16.4 Å². The van der Waals surface area contributed by atoms with E-state index in [1.54, 1.807) is 0 Å². The van der Waals surface area contributed by atoms with Crippen LogP contribution in [0.5, 0.6) is 0 Å². The van der Waals surface area contributed by atoms with Crippen molar-refractivity contribution in [2.45, 2.75) is 218 Å². The van der Waals surface area contributed by atoms with E-state index in [-0.39, 0.29) is 19.6 Å². The van der Waals surface area contributed by atoms with Crippen molar-refractivity contribution in [3.05, 3.63) is 36.5 Å². The van der Waals surface area contributed by atoms with Crippen LogP contribution in [0.15, 0.2) is 36.5 Å². The predicted molar refractivity (Wildman–Crippen MR) is 230 cm³/mol. The van der Waals surface area contributed by atoms with Gasteiger partial charge in [-0.2, -0.15) is 8.42 Å². The SMILES string of the molecule is CC/C=C\C/C=C\C/C=C\CCCCCCOCC(COC1OC(CO)C(O)C(OS(=O)(=O)O)C1O)OC(=O)CCCCCCCCCCCCCCCCCCC. The molecule has 0 bridgehead atoms. The third-order valence-electron chi connectivity index (χ3n) is 10.3. The molecule has 6 atom stereocenters. The largest absolute Gasteiger partial charge is 0.457 e. The maximum Gasteiger partial charge on any atom is 0.397 e. The van der Waals surface area contributed by atoms with Crippen molar-refractivity contribution in [3.63, 3.8) is 0 Å². The number of ether oxygens (including phenoxy) is 4. The number of esters is 1. The average molecular weight is 847 g/mol. The number of allylic oxidation sites excluding steroid dienone is 6. The Morgan fingerprint density at radius 1 is 0.672 bits per heavy atom. The van der Waals surface area contributed by atoms with Crippen LogP contribution in [0.4, 0.5) is 0 Å². The molecule has 0 amide bonds. The monoisotopic (exact) mass is 847 g/mol. The van der Waals surface area contributed by atoms with Crippen molar-refractivity contribution < 1.29 is 56.2 Å². The second kappa shape index (κ2) is 37.1. The quantitative estimate of drug-likeness (QED) is 0.0200. The number of hydrogen-bond acceptors (Lipinski definition) is 11. The maximum atomic E-state index is 12.8. The zero-order valence-electron chi connectivity index (χ0n) is 36.1. The van der Waals surface area contributed by atoms with Gasteiger partial charge in [-0.15, -0.1) is 0 Å². The summed E-state index contributed by atoms with van der Waals surface area (Å²) >= 11 is 0. The van der Waals surface area contributed by atoms with Crippen LogP contribution in [-0.4, -0.2) is 97.5 Å². The van der Waals surface area contributed by atoms with Gasteiger partial charge in [0, 0.05) is 13.0 Å². The molecule has 0 aromatic heterocycles. The number of carbonyl (C=O) groups is 1. The lowest BCUT2D eigenvalue weighted by Crippen LogP contribution is -2.60. The first-order chi connectivity index (χ1) is 28.1. The second-order valence-corrected chi connectivity index (χ2v) is 16.7. The van der Waals surface area contributed by atoms with Gasteiger partial charge in [0.05, 0.1) is 19.8 Å². The Morgan fingerprint density at radius 2 is 1.19 bits per heavy atom. The molecule has 4 N–H and O–H groups in total. The van der Waals surface area contributed by atoms with Crippen molar-refractivity contribution in [2.75, 3.05) is 26.4 Å². The van der Waals surface area contributed by atoms with Gasteiger partial charge in [-0.25, -0.2) is 4.18 Å². The van der Waals surface area contributed by atoms with Crippen LogP contribution in [0.2, 0.25) is 0 Å². The number of rotatable bonds is 39. The fourth-order valence-electron chi connectivity index (χ4n) is 6.86. The van der Waals surface area contributed by atoms with Crippen LogP contribution < -0.4 is 0 Å². The molecule has 0 aliphatic carbocycles. The number of aliphatic hydroxyl groups excluding tert-OH is 3. The topological polar surface area (TPSA) is 178 Å². The summed E-state index contributed by atoms with van der Waals surface area (Å²) in [7, 11) is -5.06. The number of aliphatic hydroxyl groups is 3. The van der Waals surface area contributed by atoms with Crippen molar-refractivity contribution >= 4 is 16.4 Å². The molecular weight excluding hydrogens is 765 g/mol. The van der Waals surface area contributed by atoms with Crippen LogP contribution in [0.3, 0.4) is 0 Å². The summed E-state index contributed by atoms with van der Waals surface area (Å²) < 4.78 is 59.0. The minimum Gasteiger partial charge on any atom is -0.457 e. The summed E-state index contributed by atoms with van der Waals surface area (Å²) in [5.41, 5.74) is 0. The molecule has 1 aliphatic rings. The van der Waals surface area contributed by atoms with Crippen molar-refractivity contribution in [1.82, 2.24) is 0 Å². The Hall–Kier alpha value is -1.68. The second-order valence-electron chi connectivity index (χ2n) is 15.6. The normalized spacial score (nSPS) is 20.8. The Balaban J connectivity index is 2.43. The highest BCUT2D eigenvalue weighted by molar-refractivity contribution is 7.80. The minimum atomic E-state index is -5.06. The smallest absolute Gasteiger partial charge is 0.397 e. The van der Waals surface area contributed by atoms with Crippen LogP contribution in [0.25, 0.3) is 0 Å². The highest BCUT2D eigenvalue weighted by Crippen LogP contribution is 2.26. The predicted octanol–water partition coefficient (Wildman–Crippen LogP) is 9.41. The van der Waals surface area contributed by atoms with E-state index in [4.69, 9.17) is 23.5 Å². The molecule has 0 aromatic carbocycles. The van der Waals surface area contributed by atoms with Gasteiger partial charge < -0.3 is 34.3 Å². The molecule has 0 aromatic rings. The van der Waals surface area contributed by atoms with Crippen molar-refractivity contribution in [1.29, 1.82) is 0 Å².